The number of hydrogen-bond acceptors (Lipinski definition) is 6. The van der Waals surface area contributed by atoms with Gasteiger partial charge in [0, 0.05) is 12.7 Å². The van der Waals surface area contributed by atoms with E-state index in [0.717, 1.165) is 11.3 Å². The van der Waals surface area contributed by atoms with Crippen molar-refractivity contribution in [3.8, 4) is 11.8 Å². The molecule has 0 spiro atoms. The van der Waals surface area contributed by atoms with E-state index in [1.165, 1.54) is 13.3 Å². The molecule has 0 fully saturated rings. The van der Waals surface area contributed by atoms with Gasteiger partial charge in [0.25, 0.3) is 5.91 Å². The molecule has 0 unspecified atom stereocenters. The molecule has 7 nitrogen and oxygen atoms in total. The van der Waals surface area contributed by atoms with Gasteiger partial charge in [-0.05, 0) is 29.8 Å². The lowest BCUT2D eigenvalue weighted by molar-refractivity contribution is -0.117. The number of carbonyl (C=O) groups excluding carboxylic acids is 2. The second kappa shape index (κ2) is 9.63. The highest BCUT2D eigenvalue weighted by Crippen LogP contribution is 2.16. The number of carbonyl (C=O) groups is 2. The van der Waals surface area contributed by atoms with Crippen molar-refractivity contribution in [3.05, 3.63) is 71.4 Å². The van der Waals surface area contributed by atoms with Gasteiger partial charge in [-0.15, -0.1) is 0 Å². The summed E-state index contributed by atoms with van der Waals surface area (Å²) in [6.45, 7) is 0.264. The van der Waals surface area contributed by atoms with Gasteiger partial charge in [-0.2, -0.15) is 5.26 Å². The van der Waals surface area contributed by atoms with E-state index in [0.29, 0.717) is 11.3 Å². The number of para-hydroxylation sites is 1. The normalized spacial score (nSPS) is 10.5. The Bertz CT molecular complexity index is 883. The van der Waals surface area contributed by atoms with Gasteiger partial charge in [-0.3, -0.25) is 4.79 Å². The van der Waals surface area contributed by atoms with Gasteiger partial charge in [0.1, 0.15) is 17.4 Å². The van der Waals surface area contributed by atoms with E-state index >= 15 is 0 Å². The maximum atomic E-state index is 12.2. The molecule has 0 aliphatic heterocycles. The zero-order valence-corrected chi connectivity index (χ0v) is 15.0. The summed E-state index contributed by atoms with van der Waals surface area (Å²) >= 11 is 0. The predicted molar refractivity (Wildman–Crippen MR) is 99.9 cm³/mol. The molecular weight excluding hydrogens is 346 g/mol. The van der Waals surface area contributed by atoms with Crippen LogP contribution in [0.3, 0.4) is 0 Å². The molecule has 0 saturated heterocycles. The van der Waals surface area contributed by atoms with Crippen LogP contribution < -0.4 is 15.4 Å². The molecule has 0 bridgehead atoms. The lowest BCUT2D eigenvalue weighted by atomic mass is 10.1. The van der Waals surface area contributed by atoms with Crippen LogP contribution in [0.4, 0.5) is 5.69 Å². The molecule has 0 saturated carbocycles. The van der Waals surface area contributed by atoms with Crippen molar-refractivity contribution >= 4 is 17.6 Å². The monoisotopic (exact) mass is 365 g/mol. The summed E-state index contributed by atoms with van der Waals surface area (Å²) in [5.41, 5.74) is 1.47. The first-order valence-electron chi connectivity index (χ1n) is 8.04. The van der Waals surface area contributed by atoms with Crippen molar-refractivity contribution in [1.82, 2.24) is 5.32 Å². The van der Waals surface area contributed by atoms with Gasteiger partial charge in [-0.25, -0.2) is 4.79 Å². The molecule has 0 aliphatic carbocycles. The molecule has 0 aromatic heterocycles. The lowest BCUT2D eigenvalue weighted by Gasteiger charge is -2.08. The minimum atomic E-state index is -0.531. The van der Waals surface area contributed by atoms with Crippen LogP contribution in [-0.4, -0.2) is 26.1 Å². The summed E-state index contributed by atoms with van der Waals surface area (Å²) in [4.78, 5) is 24.0. The number of benzene rings is 2. The number of nitrogens with one attached hydrogen (secondary N) is 2. The van der Waals surface area contributed by atoms with Crippen LogP contribution in [0.2, 0.25) is 0 Å². The molecule has 138 valence electrons. The number of nitriles is 1. The molecule has 27 heavy (non-hydrogen) atoms. The topological polar surface area (TPSA) is 100 Å². The van der Waals surface area contributed by atoms with Gasteiger partial charge in [0.05, 0.1) is 25.5 Å². The summed E-state index contributed by atoms with van der Waals surface area (Å²) in [5, 5.41) is 14.7. The summed E-state index contributed by atoms with van der Waals surface area (Å²) in [5.74, 6) is -0.332. The first-order valence-corrected chi connectivity index (χ1v) is 8.04. The standard InChI is InChI=1S/C20H19N3O4/c1-26-16-9-7-14(8-10-16)12-23-19(24)15(11-21)13-22-18-6-4-3-5-17(18)20(25)27-2/h3-10,13,22H,12H2,1-2H3,(H,23,24). The van der Waals surface area contributed by atoms with E-state index in [4.69, 9.17) is 9.47 Å². The zero-order chi connectivity index (χ0) is 19.6. The molecule has 2 aromatic rings. The average Bonchev–Trinajstić information content (AvgIpc) is 2.72. The molecule has 0 atom stereocenters. The van der Waals surface area contributed by atoms with E-state index in [1.54, 1.807) is 43.5 Å². The number of anilines is 1. The van der Waals surface area contributed by atoms with Gasteiger partial charge in [0.2, 0.25) is 0 Å². The Labute approximate surface area is 157 Å². The molecule has 2 rings (SSSR count). The van der Waals surface area contributed by atoms with Crippen LogP contribution in [-0.2, 0) is 16.1 Å². The number of methoxy groups -OCH3 is 2. The van der Waals surface area contributed by atoms with E-state index < -0.39 is 11.9 Å². The Morgan fingerprint density at radius 2 is 1.81 bits per heavy atom. The molecule has 0 radical (unpaired) electrons. The Hall–Kier alpha value is -3.79. The molecule has 0 heterocycles. The summed E-state index contributed by atoms with van der Waals surface area (Å²) in [6, 6.07) is 15.7. The van der Waals surface area contributed by atoms with Crippen molar-refractivity contribution in [2.24, 2.45) is 0 Å². The minimum absolute atomic E-state index is 0.122. The maximum absolute atomic E-state index is 12.2. The number of ether oxygens (including phenoxy) is 2. The number of nitrogens with zero attached hydrogens (tertiary/aromatic N) is 1. The number of esters is 1. The Morgan fingerprint density at radius 1 is 1.11 bits per heavy atom. The van der Waals surface area contributed by atoms with Crippen LogP contribution in [0.5, 0.6) is 5.75 Å². The quantitative estimate of drug-likeness (QED) is 0.444. The first kappa shape index (κ1) is 19.5. The zero-order valence-electron chi connectivity index (χ0n) is 15.0. The van der Waals surface area contributed by atoms with Crippen molar-refractivity contribution in [3.63, 3.8) is 0 Å². The van der Waals surface area contributed by atoms with Crippen LogP contribution in [0.25, 0.3) is 0 Å². The van der Waals surface area contributed by atoms with Crippen LogP contribution in [0.1, 0.15) is 15.9 Å². The van der Waals surface area contributed by atoms with Crippen molar-refractivity contribution < 1.29 is 19.1 Å². The number of amides is 1. The van der Waals surface area contributed by atoms with Gasteiger partial charge in [0.15, 0.2) is 0 Å². The van der Waals surface area contributed by atoms with E-state index in [9.17, 15) is 14.9 Å². The Balaban J connectivity index is 2.04. The smallest absolute Gasteiger partial charge is 0.339 e. The van der Waals surface area contributed by atoms with Gasteiger partial charge in [-0.1, -0.05) is 24.3 Å². The molecular formula is C20H19N3O4. The Kier molecular flexibility index (Phi) is 6.97. The maximum Gasteiger partial charge on any atom is 0.339 e. The third-order valence-electron chi connectivity index (χ3n) is 3.68. The second-order valence-electron chi connectivity index (χ2n) is 5.38. The van der Waals surface area contributed by atoms with E-state index in [2.05, 4.69) is 10.6 Å². The van der Waals surface area contributed by atoms with Crippen molar-refractivity contribution in [1.29, 1.82) is 5.26 Å². The molecule has 2 aromatic carbocycles. The van der Waals surface area contributed by atoms with Crippen LogP contribution >= 0.6 is 0 Å². The van der Waals surface area contributed by atoms with Crippen molar-refractivity contribution in [2.75, 3.05) is 19.5 Å². The fourth-order valence-corrected chi connectivity index (χ4v) is 2.22. The Morgan fingerprint density at radius 3 is 2.44 bits per heavy atom. The second-order valence-corrected chi connectivity index (χ2v) is 5.38. The van der Waals surface area contributed by atoms with E-state index in [1.807, 2.05) is 18.2 Å². The molecule has 2 N–H and O–H groups in total. The summed E-state index contributed by atoms with van der Waals surface area (Å²) in [6.07, 6.45) is 1.26. The summed E-state index contributed by atoms with van der Waals surface area (Å²) < 4.78 is 9.79. The predicted octanol–water partition coefficient (Wildman–Crippen LogP) is 2.62. The third-order valence-corrected chi connectivity index (χ3v) is 3.68. The fourth-order valence-electron chi connectivity index (χ4n) is 2.22. The lowest BCUT2D eigenvalue weighted by Crippen LogP contribution is -2.24. The number of rotatable bonds is 7. The highest BCUT2D eigenvalue weighted by Gasteiger charge is 2.12. The fraction of sp³-hybridized carbons (Fsp3) is 0.150. The molecule has 0 aliphatic rings. The van der Waals surface area contributed by atoms with Crippen LogP contribution in [0.15, 0.2) is 60.3 Å². The third kappa shape index (κ3) is 5.34. The average molecular weight is 365 g/mol. The van der Waals surface area contributed by atoms with Gasteiger partial charge < -0.3 is 20.1 Å². The first-order chi connectivity index (χ1) is 13.1. The van der Waals surface area contributed by atoms with Crippen LogP contribution in [0, 0.1) is 11.3 Å². The van der Waals surface area contributed by atoms with Gasteiger partial charge >= 0.3 is 5.97 Å². The number of hydrogen-bond donors (Lipinski definition) is 2. The molecule has 1 amide bonds. The SMILES string of the molecule is COC(=O)c1ccccc1NC=C(C#N)C(=O)NCc1ccc(OC)cc1. The largest absolute Gasteiger partial charge is 0.497 e. The molecule has 7 heteroatoms. The van der Waals surface area contributed by atoms with E-state index in [-0.39, 0.29) is 12.1 Å². The highest BCUT2D eigenvalue weighted by atomic mass is 16.5. The highest BCUT2D eigenvalue weighted by molar-refractivity contribution is 5.98. The van der Waals surface area contributed by atoms with Crippen molar-refractivity contribution in [2.45, 2.75) is 6.54 Å². The minimum Gasteiger partial charge on any atom is -0.497 e. The summed E-state index contributed by atoms with van der Waals surface area (Å²) in [7, 11) is 2.86.